The minimum atomic E-state index is -1.17. The second kappa shape index (κ2) is 8.62. The second-order valence-corrected chi connectivity index (χ2v) is 10.2. The van der Waals surface area contributed by atoms with Gasteiger partial charge in [0, 0.05) is 22.9 Å². The van der Waals surface area contributed by atoms with E-state index in [4.69, 9.17) is 16.3 Å². The van der Waals surface area contributed by atoms with Crippen molar-refractivity contribution in [1.82, 2.24) is 4.90 Å². The fourth-order valence-corrected chi connectivity index (χ4v) is 6.40. The lowest BCUT2D eigenvalue weighted by molar-refractivity contribution is -0.144. The highest BCUT2D eigenvalue weighted by Gasteiger charge is 2.79. The van der Waals surface area contributed by atoms with Crippen molar-refractivity contribution >= 4 is 40.7 Å². The van der Waals surface area contributed by atoms with E-state index in [0.29, 0.717) is 22.8 Å². The Morgan fingerprint density at radius 2 is 1.71 bits per heavy atom. The van der Waals surface area contributed by atoms with Crippen LogP contribution >= 0.6 is 11.6 Å². The fraction of sp³-hybridized carbons (Fsp3) is 0.423. The van der Waals surface area contributed by atoms with Gasteiger partial charge in [0.2, 0.25) is 17.7 Å². The van der Waals surface area contributed by atoms with E-state index >= 15 is 0 Å². The molecule has 3 unspecified atom stereocenters. The summed E-state index contributed by atoms with van der Waals surface area (Å²) in [6, 6.07) is 14.7. The van der Waals surface area contributed by atoms with Crippen molar-refractivity contribution in [3.63, 3.8) is 0 Å². The zero-order valence-electron chi connectivity index (χ0n) is 19.5. The lowest BCUT2D eigenvalue weighted by atomic mass is 9.62. The van der Waals surface area contributed by atoms with Crippen LogP contribution in [0.1, 0.15) is 20.3 Å². The average molecular weight is 498 g/mol. The second-order valence-electron chi connectivity index (χ2n) is 9.81. The molecule has 2 aromatic rings. The van der Waals surface area contributed by atoms with E-state index < -0.39 is 35.0 Å². The first-order chi connectivity index (χ1) is 16.7. The average Bonchev–Trinajstić information content (AvgIpc) is 3.33. The van der Waals surface area contributed by atoms with Gasteiger partial charge in [0.25, 0.3) is 0 Å². The van der Waals surface area contributed by atoms with Gasteiger partial charge in [-0.1, -0.05) is 36.7 Å². The highest BCUT2D eigenvalue weighted by molar-refractivity contribution is 6.30. The molecule has 2 aromatic carbocycles. The van der Waals surface area contributed by atoms with Gasteiger partial charge in [-0.25, -0.2) is 0 Å². The van der Waals surface area contributed by atoms with Gasteiger partial charge < -0.3 is 25.4 Å². The summed E-state index contributed by atoms with van der Waals surface area (Å²) in [4.78, 5) is 42.3. The molecule has 3 saturated heterocycles. The summed E-state index contributed by atoms with van der Waals surface area (Å²) in [6.45, 7) is 3.50. The minimum absolute atomic E-state index is 0.0305. The maximum atomic E-state index is 13.7. The van der Waals surface area contributed by atoms with Gasteiger partial charge in [0.1, 0.15) is 11.6 Å². The Hall–Kier alpha value is -2.94. The normalized spacial score (nSPS) is 33.0. The molecule has 35 heavy (non-hydrogen) atoms. The number of benzene rings is 2. The van der Waals surface area contributed by atoms with Gasteiger partial charge in [-0.15, -0.1) is 0 Å². The molecule has 0 saturated carbocycles. The number of nitrogens with zero attached hydrogens (tertiary/aromatic N) is 1. The van der Waals surface area contributed by atoms with Crippen molar-refractivity contribution in [3.8, 4) is 0 Å². The molecule has 3 aliphatic rings. The van der Waals surface area contributed by atoms with Crippen LogP contribution in [0.5, 0.6) is 0 Å². The third kappa shape index (κ3) is 3.63. The molecule has 1 spiro atoms. The summed E-state index contributed by atoms with van der Waals surface area (Å²) >= 11 is 5.97. The summed E-state index contributed by atoms with van der Waals surface area (Å²) in [7, 11) is 0. The van der Waals surface area contributed by atoms with Crippen LogP contribution in [0.25, 0.3) is 0 Å². The molecule has 9 heteroatoms. The highest BCUT2D eigenvalue weighted by Crippen LogP contribution is 2.65. The van der Waals surface area contributed by atoms with E-state index in [9.17, 15) is 19.5 Å². The summed E-state index contributed by atoms with van der Waals surface area (Å²) in [5, 5.41) is 16.0. The molecular weight excluding hydrogens is 470 g/mol. The summed E-state index contributed by atoms with van der Waals surface area (Å²) in [6.07, 6.45) is 0.454. The summed E-state index contributed by atoms with van der Waals surface area (Å²) in [5.41, 5.74) is -0.931. The number of aliphatic hydroxyl groups excluding tert-OH is 1. The first-order valence-corrected chi connectivity index (χ1v) is 12.1. The van der Waals surface area contributed by atoms with Crippen LogP contribution in [0.3, 0.4) is 0 Å². The Morgan fingerprint density at radius 3 is 2.37 bits per heavy atom. The van der Waals surface area contributed by atoms with Crippen molar-refractivity contribution in [2.45, 2.75) is 37.5 Å². The number of aliphatic hydroxyl groups is 1. The van der Waals surface area contributed by atoms with Crippen molar-refractivity contribution in [3.05, 3.63) is 59.6 Å². The fourth-order valence-electron chi connectivity index (χ4n) is 6.27. The topological polar surface area (TPSA) is 108 Å². The molecule has 0 radical (unpaired) electrons. The third-order valence-corrected chi connectivity index (χ3v) is 8.09. The van der Waals surface area contributed by atoms with E-state index in [0.717, 1.165) is 0 Å². The number of hydrogen-bond acceptors (Lipinski definition) is 5. The predicted molar refractivity (Wildman–Crippen MR) is 131 cm³/mol. The minimum Gasteiger partial charge on any atom is -0.395 e. The quantitative estimate of drug-likeness (QED) is 0.568. The van der Waals surface area contributed by atoms with Crippen LogP contribution in [-0.2, 0) is 19.1 Å². The van der Waals surface area contributed by atoms with E-state index in [1.165, 1.54) is 4.90 Å². The van der Waals surface area contributed by atoms with Gasteiger partial charge in [0.15, 0.2) is 0 Å². The number of para-hydroxylation sites is 1. The lowest BCUT2D eigenvalue weighted by Crippen LogP contribution is -2.54. The van der Waals surface area contributed by atoms with Crippen LogP contribution in [0.4, 0.5) is 11.4 Å². The molecular formula is C26H28ClN3O5. The Labute approximate surface area is 208 Å². The number of β-amino-alcohol motifs (C(OH)–C–C–N with tert-alkyl or cyclic N) is 1. The largest absolute Gasteiger partial charge is 0.395 e. The van der Waals surface area contributed by atoms with Gasteiger partial charge in [-0.05, 0) is 55.7 Å². The smallest absolute Gasteiger partial charge is 0.250 e. The molecule has 3 aliphatic heterocycles. The molecule has 3 fully saturated rings. The van der Waals surface area contributed by atoms with Gasteiger partial charge in [-0.3, -0.25) is 14.4 Å². The van der Waals surface area contributed by atoms with E-state index in [2.05, 4.69) is 10.6 Å². The Balaban J connectivity index is 1.52. The summed E-state index contributed by atoms with van der Waals surface area (Å²) < 4.78 is 6.61. The van der Waals surface area contributed by atoms with Crippen LogP contribution in [0.15, 0.2) is 54.6 Å². The van der Waals surface area contributed by atoms with E-state index in [1.807, 2.05) is 32.0 Å². The molecule has 8 nitrogen and oxygen atoms in total. The Bertz CT molecular complexity index is 1160. The molecule has 3 amide bonds. The predicted octanol–water partition coefficient (Wildman–Crippen LogP) is 2.92. The number of fused-ring (bicyclic) bond motifs is 1. The number of halogens is 1. The molecule has 0 aliphatic carbocycles. The number of anilines is 2. The number of amides is 3. The number of hydrogen-bond donors (Lipinski definition) is 3. The van der Waals surface area contributed by atoms with Crippen LogP contribution in [0, 0.1) is 17.8 Å². The van der Waals surface area contributed by atoms with E-state index in [-0.39, 0.29) is 30.9 Å². The molecule has 6 atom stereocenters. The number of carbonyl (C=O) groups excluding carboxylic acids is 3. The number of likely N-dealkylation sites (tertiary alicyclic amines) is 1. The van der Waals surface area contributed by atoms with Gasteiger partial charge in [-0.2, -0.15) is 0 Å². The first kappa shape index (κ1) is 23.8. The number of ether oxygens (including phenoxy) is 1. The van der Waals surface area contributed by atoms with Crippen molar-refractivity contribution in [2.75, 3.05) is 23.8 Å². The zero-order valence-corrected chi connectivity index (χ0v) is 20.3. The van der Waals surface area contributed by atoms with Crippen molar-refractivity contribution in [1.29, 1.82) is 0 Å². The van der Waals surface area contributed by atoms with E-state index in [1.54, 1.807) is 36.4 Å². The molecule has 3 N–H and O–H groups in total. The molecule has 2 bridgehead atoms. The Kier molecular flexibility index (Phi) is 5.86. The standard InChI is InChI=1S/C26H28ClN3O5/c1-15-14-26-20(19(25(15,2)35-26)22(32)28-17-6-4-3-5-7-17)24(34)30(12-13-31)21(26)23(33)29-18-10-8-16(27)9-11-18/h3-11,15,19-21,31H,12-14H2,1-2H3,(H,28,32)(H,29,33)/t15?,19-,20-,21?,25+,26?/m0/s1. The van der Waals surface area contributed by atoms with Crippen LogP contribution in [0.2, 0.25) is 5.02 Å². The molecule has 184 valence electrons. The van der Waals surface area contributed by atoms with Crippen molar-refractivity contribution in [2.24, 2.45) is 17.8 Å². The molecule has 0 aromatic heterocycles. The van der Waals surface area contributed by atoms with Gasteiger partial charge in [0.05, 0.1) is 24.0 Å². The molecule has 5 rings (SSSR count). The SMILES string of the molecule is CC1CC23O[C@@]1(C)[C@H](C(=O)Nc1ccccc1)[C@H]2C(=O)N(CCO)C3C(=O)Nc1ccc(Cl)cc1. The van der Waals surface area contributed by atoms with Crippen LogP contribution in [-0.4, -0.2) is 58.1 Å². The lowest BCUT2D eigenvalue weighted by Gasteiger charge is -2.36. The summed E-state index contributed by atoms with van der Waals surface area (Å²) in [5.74, 6) is -2.77. The molecule has 3 heterocycles. The van der Waals surface area contributed by atoms with Crippen LogP contribution < -0.4 is 10.6 Å². The zero-order chi connectivity index (χ0) is 25.0. The number of carbonyl (C=O) groups is 3. The number of rotatable bonds is 6. The maximum Gasteiger partial charge on any atom is 0.250 e. The monoisotopic (exact) mass is 497 g/mol. The van der Waals surface area contributed by atoms with Gasteiger partial charge >= 0.3 is 0 Å². The number of nitrogens with one attached hydrogen (secondary N) is 2. The first-order valence-electron chi connectivity index (χ1n) is 11.7. The highest BCUT2D eigenvalue weighted by atomic mass is 35.5. The third-order valence-electron chi connectivity index (χ3n) is 7.84. The van der Waals surface area contributed by atoms with Crippen molar-refractivity contribution < 1.29 is 24.2 Å². The Morgan fingerprint density at radius 1 is 1.09 bits per heavy atom. The maximum absolute atomic E-state index is 13.7.